The number of nitrogens with two attached hydrogens (primary N) is 1. The first-order valence-electron chi connectivity index (χ1n) is 8.13. The third-order valence-corrected chi connectivity index (χ3v) is 4.74. The fourth-order valence-electron chi connectivity index (χ4n) is 3.30. The lowest BCUT2D eigenvalue weighted by Crippen LogP contribution is -2.10. The first-order valence-corrected chi connectivity index (χ1v) is 8.13. The predicted octanol–water partition coefficient (Wildman–Crippen LogP) is 3.94. The molecule has 138 valence electrons. The number of carbonyl (C=O) groups is 1. The summed E-state index contributed by atoms with van der Waals surface area (Å²) in [5.41, 5.74) is 7.70. The van der Waals surface area contributed by atoms with Crippen LogP contribution in [0, 0.1) is 6.92 Å². The molecule has 5 nitrogen and oxygen atoms in total. The quantitative estimate of drug-likeness (QED) is 0.579. The normalized spacial score (nSPS) is 12.2. The molecule has 2 aromatic carbocycles. The lowest BCUT2D eigenvalue weighted by Gasteiger charge is -2.10. The highest BCUT2D eigenvalue weighted by Crippen LogP contribution is 2.34. The molecule has 8 heteroatoms. The van der Waals surface area contributed by atoms with Gasteiger partial charge in [0.15, 0.2) is 5.65 Å². The maximum Gasteiger partial charge on any atom is 0.416 e. The summed E-state index contributed by atoms with van der Waals surface area (Å²) in [4.78, 5) is 16.1. The molecule has 0 aliphatic carbocycles. The number of imidazole rings is 1. The molecule has 0 aliphatic heterocycles. The van der Waals surface area contributed by atoms with Gasteiger partial charge in [0.1, 0.15) is 5.82 Å². The number of benzene rings is 2. The molecule has 4 rings (SSSR count). The van der Waals surface area contributed by atoms with Gasteiger partial charge in [0.25, 0.3) is 0 Å². The van der Waals surface area contributed by atoms with Crippen molar-refractivity contribution in [2.45, 2.75) is 13.1 Å². The van der Waals surface area contributed by atoms with Crippen LogP contribution in [-0.4, -0.2) is 20.0 Å². The zero-order valence-corrected chi connectivity index (χ0v) is 14.5. The zero-order chi connectivity index (χ0) is 19.5. The minimum Gasteiger partial charge on any atom is -0.366 e. The van der Waals surface area contributed by atoms with Crippen molar-refractivity contribution in [3.05, 3.63) is 59.4 Å². The van der Waals surface area contributed by atoms with Crippen molar-refractivity contribution in [1.29, 1.82) is 0 Å². The van der Waals surface area contributed by atoms with Crippen LogP contribution in [0.1, 0.15) is 21.7 Å². The van der Waals surface area contributed by atoms with Gasteiger partial charge < -0.3 is 10.3 Å². The number of aryl methyl sites for hydroxylation is 2. The maximum absolute atomic E-state index is 12.9. The van der Waals surface area contributed by atoms with Crippen LogP contribution in [0.5, 0.6) is 0 Å². The zero-order valence-electron chi connectivity index (χ0n) is 14.5. The van der Waals surface area contributed by atoms with Crippen molar-refractivity contribution in [1.82, 2.24) is 14.1 Å². The van der Waals surface area contributed by atoms with Gasteiger partial charge in [0.2, 0.25) is 5.91 Å². The molecule has 0 bridgehead atoms. The van der Waals surface area contributed by atoms with E-state index in [9.17, 15) is 18.0 Å². The Morgan fingerprint density at radius 2 is 1.78 bits per heavy atom. The molecule has 0 spiro atoms. The molecule has 0 atom stereocenters. The lowest BCUT2D eigenvalue weighted by atomic mass is 10.1. The van der Waals surface area contributed by atoms with Crippen LogP contribution in [0.3, 0.4) is 0 Å². The van der Waals surface area contributed by atoms with E-state index in [2.05, 4.69) is 4.98 Å². The first kappa shape index (κ1) is 17.1. The molecule has 0 aliphatic rings. The number of alkyl halides is 3. The molecule has 0 saturated heterocycles. The summed E-state index contributed by atoms with van der Waals surface area (Å²) in [6.45, 7) is 1.83. The molecule has 4 aromatic rings. The smallest absolute Gasteiger partial charge is 0.366 e. The van der Waals surface area contributed by atoms with Gasteiger partial charge >= 0.3 is 6.18 Å². The average Bonchev–Trinajstić information content (AvgIpc) is 3.07. The molecule has 0 radical (unpaired) electrons. The first-order chi connectivity index (χ1) is 12.7. The highest BCUT2D eigenvalue weighted by atomic mass is 19.4. The molecule has 2 heterocycles. The number of hydrogen-bond donors (Lipinski definition) is 1. The Hall–Kier alpha value is -3.29. The molecule has 0 unspecified atom stereocenters. The Balaban J connectivity index is 2.04. The largest absolute Gasteiger partial charge is 0.416 e. The molecule has 27 heavy (non-hydrogen) atoms. The number of hydrogen-bond acceptors (Lipinski definition) is 2. The van der Waals surface area contributed by atoms with Gasteiger partial charge in [-0.3, -0.25) is 9.36 Å². The minimum atomic E-state index is -4.40. The summed E-state index contributed by atoms with van der Waals surface area (Å²) in [6.07, 6.45) is -4.40. The summed E-state index contributed by atoms with van der Waals surface area (Å²) in [7, 11) is 1.85. The van der Waals surface area contributed by atoms with Crippen LogP contribution in [0.25, 0.3) is 27.8 Å². The summed E-state index contributed by atoms with van der Waals surface area (Å²) >= 11 is 0. The predicted molar refractivity (Wildman–Crippen MR) is 95.8 cm³/mol. The van der Waals surface area contributed by atoms with Gasteiger partial charge in [-0.1, -0.05) is 0 Å². The Bertz CT molecular complexity index is 1200. The van der Waals surface area contributed by atoms with Crippen molar-refractivity contribution in [2.75, 3.05) is 0 Å². The van der Waals surface area contributed by atoms with E-state index in [4.69, 9.17) is 5.73 Å². The highest BCUT2D eigenvalue weighted by molar-refractivity contribution is 6.09. The monoisotopic (exact) mass is 372 g/mol. The summed E-state index contributed by atoms with van der Waals surface area (Å²) < 4.78 is 42.3. The van der Waals surface area contributed by atoms with E-state index in [0.717, 1.165) is 34.4 Å². The Kier molecular flexibility index (Phi) is 3.56. The van der Waals surface area contributed by atoms with Crippen molar-refractivity contribution < 1.29 is 18.0 Å². The Labute approximate surface area is 151 Å². The van der Waals surface area contributed by atoms with E-state index >= 15 is 0 Å². The summed E-state index contributed by atoms with van der Waals surface area (Å²) in [6, 6.07) is 9.91. The molecule has 0 saturated carbocycles. The van der Waals surface area contributed by atoms with Gasteiger partial charge in [-0.2, -0.15) is 13.2 Å². The van der Waals surface area contributed by atoms with Crippen LogP contribution >= 0.6 is 0 Å². The van der Waals surface area contributed by atoms with Gasteiger partial charge in [-0.25, -0.2) is 4.98 Å². The second kappa shape index (κ2) is 5.60. The fraction of sp³-hybridized carbons (Fsp3) is 0.158. The lowest BCUT2D eigenvalue weighted by molar-refractivity contribution is -0.137. The van der Waals surface area contributed by atoms with Gasteiger partial charge in [-0.15, -0.1) is 0 Å². The van der Waals surface area contributed by atoms with Crippen molar-refractivity contribution in [2.24, 2.45) is 12.8 Å². The van der Waals surface area contributed by atoms with Crippen LogP contribution < -0.4 is 5.73 Å². The number of amides is 1. The Morgan fingerprint density at radius 1 is 1.11 bits per heavy atom. The van der Waals surface area contributed by atoms with Crippen LogP contribution in [-0.2, 0) is 13.2 Å². The second-order valence-corrected chi connectivity index (χ2v) is 6.37. The number of rotatable bonds is 2. The third-order valence-electron chi connectivity index (χ3n) is 4.74. The van der Waals surface area contributed by atoms with Crippen molar-refractivity contribution in [3.8, 4) is 5.69 Å². The molecule has 2 aromatic heterocycles. The number of primary amides is 1. The highest BCUT2D eigenvalue weighted by Gasteiger charge is 2.30. The van der Waals surface area contributed by atoms with E-state index < -0.39 is 17.6 Å². The van der Waals surface area contributed by atoms with Gasteiger partial charge in [-0.05, 0) is 49.4 Å². The number of nitrogens with zero attached hydrogens (tertiary/aromatic N) is 3. The van der Waals surface area contributed by atoms with Crippen molar-refractivity contribution in [3.63, 3.8) is 0 Å². The Morgan fingerprint density at radius 3 is 2.37 bits per heavy atom. The molecule has 1 amide bonds. The molecular formula is C19H15F3N4O. The van der Waals surface area contributed by atoms with Crippen molar-refractivity contribution >= 4 is 28.0 Å². The third kappa shape index (κ3) is 2.56. The SMILES string of the molecule is Cc1nc2c(c3cc(C(N)=O)ccc3n2-c2ccc(C(F)(F)F)cc2)n1C. The van der Waals surface area contributed by atoms with E-state index in [1.54, 1.807) is 22.8 Å². The number of aromatic nitrogens is 3. The van der Waals surface area contributed by atoms with Crippen LogP contribution in [0.15, 0.2) is 42.5 Å². The minimum absolute atomic E-state index is 0.354. The summed E-state index contributed by atoms with van der Waals surface area (Å²) in [5.74, 6) is 0.193. The van der Waals surface area contributed by atoms with Crippen LogP contribution in [0.2, 0.25) is 0 Å². The maximum atomic E-state index is 12.9. The van der Waals surface area contributed by atoms with Crippen LogP contribution in [0.4, 0.5) is 13.2 Å². The number of halogens is 3. The summed E-state index contributed by atoms with van der Waals surface area (Å²) in [5, 5.41) is 0.754. The standard InChI is InChI=1S/C19H15F3N4O/c1-10-24-18-16(25(10)2)14-9-11(17(23)27)3-8-15(14)26(18)13-6-4-12(5-7-13)19(20,21)22/h3-9H,1-2H3,(H2,23,27). The van der Waals surface area contributed by atoms with E-state index in [1.807, 2.05) is 18.5 Å². The number of carbonyl (C=O) groups excluding carboxylic acids is 1. The topological polar surface area (TPSA) is 65.8 Å². The number of fused-ring (bicyclic) bond motifs is 3. The van der Waals surface area contributed by atoms with E-state index in [1.165, 1.54) is 12.1 Å². The van der Waals surface area contributed by atoms with Gasteiger partial charge in [0, 0.05) is 23.7 Å². The van der Waals surface area contributed by atoms with E-state index in [0.29, 0.717) is 16.9 Å². The molecular weight excluding hydrogens is 357 g/mol. The van der Waals surface area contributed by atoms with Gasteiger partial charge in [0.05, 0.1) is 16.6 Å². The second-order valence-electron chi connectivity index (χ2n) is 6.37. The van der Waals surface area contributed by atoms with E-state index in [-0.39, 0.29) is 0 Å². The average molecular weight is 372 g/mol. The fourth-order valence-corrected chi connectivity index (χ4v) is 3.30. The molecule has 2 N–H and O–H groups in total. The molecule has 0 fully saturated rings.